The molecule has 0 aliphatic carbocycles. The van der Waals surface area contributed by atoms with E-state index >= 15 is 0 Å². The largest absolute Gasteiger partial charge is 0.462 e. The van der Waals surface area contributed by atoms with Crippen LogP contribution in [0.5, 0.6) is 0 Å². The zero-order chi connectivity index (χ0) is 12.6. The van der Waals surface area contributed by atoms with Gasteiger partial charge in [-0.15, -0.1) is 0 Å². The number of furan rings is 1. The standard InChI is InChI=1S/C14H14N2O2/c1-16(8-14(7-15)9-17-10-14)12-6-18-13-5-3-2-4-11(12)13/h2-6H,8-10H2,1H3. The summed E-state index contributed by atoms with van der Waals surface area (Å²) in [6.07, 6.45) is 1.75. The highest BCUT2D eigenvalue weighted by Crippen LogP contribution is 2.33. The van der Waals surface area contributed by atoms with Crippen molar-refractivity contribution in [3.63, 3.8) is 0 Å². The van der Waals surface area contributed by atoms with Crippen molar-refractivity contribution in [1.29, 1.82) is 5.26 Å². The molecule has 0 amide bonds. The molecule has 2 aromatic rings. The Labute approximate surface area is 105 Å². The number of ether oxygens (including phenoxy) is 1. The van der Waals surface area contributed by atoms with Crippen LogP contribution in [0.25, 0.3) is 11.0 Å². The first-order valence-electron chi connectivity index (χ1n) is 5.90. The smallest absolute Gasteiger partial charge is 0.136 e. The molecule has 1 saturated heterocycles. The summed E-state index contributed by atoms with van der Waals surface area (Å²) in [4.78, 5) is 2.07. The average molecular weight is 242 g/mol. The topological polar surface area (TPSA) is 49.4 Å². The lowest BCUT2D eigenvalue weighted by atomic mass is 9.87. The van der Waals surface area contributed by atoms with E-state index in [4.69, 9.17) is 9.15 Å². The number of rotatable bonds is 3. The van der Waals surface area contributed by atoms with Gasteiger partial charge >= 0.3 is 0 Å². The van der Waals surface area contributed by atoms with Gasteiger partial charge in [-0.25, -0.2) is 0 Å². The molecular formula is C14H14N2O2. The van der Waals surface area contributed by atoms with Gasteiger partial charge in [0.2, 0.25) is 0 Å². The predicted molar refractivity (Wildman–Crippen MR) is 68.3 cm³/mol. The molecular weight excluding hydrogens is 228 g/mol. The van der Waals surface area contributed by atoms with Crippen LogP contribution in [0.15, 0.2) is 34.9 Å². The molecule has 0 radical (unpaired) electrons. The van der Waals surface area contributed by atoms with Gasteiger partial charge in [-0.05, 0) is 12.1 Å². The highest BCUT2D eigenvalue weighted by atomic mass is 16.5. The van der Waals surface area contributed by atoms with Crippen molar-refractivity contribution in [3.05, 3.63) is 30.5 Å². The molecule has 18 heavy (non-hydrogen) atoms. The Bertz CT molecular complexity index is 608. The normalized spacial score (nSPS) is 17.1. The molecule has 1 fully saturated rings. The summed E-state index contributed by atoms with van der Waals surface area (Å²) in [5.74, 6) is 0. The van der Waals surface area contributed by atoms with Crippen LogP contribution in [0.4, 0.5) is 5.69 Å². The van der Waals surface area contributed by atoms with E-state index in [2.05, 4.69) is 11.0 Å². The molecule has 0 saturated carbocycles. The van der Waals surface area contributed by atoms with Gasteiger partial charge < -0.3 is 14.1 Å². The zero-order valence-corrected chi connectivity index (χ0v) is 10.2. The van der Waals surface area contributed by atoms with E-state index in [1.54, 1.807) is 6.26 Å². The highest BCUT2D eigenvalue weighted by molar-refractivity contribution is 5.90. The number of nitrogens with zero attached hydrogens (tertiary/aromatic N) is 2. The minimum atomic E-state index is -0.368. The van der Waals surface area contributed by atoms with Gasteiger partial charge in [-0.3, -0.25) is 0 Å². The number of benzene rings is 1. The first-order valence-corrected chi connectivity index (χ1v) is 5.90. The van der Waals surface area contributed by atoms with Crippen molar-refractivity contribution in [2.75, 3.05) is 31.7 Å². The van der Waals surface area contributed by atoms with Crippen LogP contribution in [0, 0.1) is 16.7 Å². The number of anilines is 1. The third-order valence-corrected chi connectivity index (χ3v) is 3.41. The number of hydrogen-bond acceptors (Lipinski definition) is 4. The van der Waals surface area contributed by atoms with E-state index in [1.807, 2.05) is 31.3 Å². The first-order chi connectivity index (χ1) is 8.74. The third-order valence-electron chi connectivity index (χ3n) is 3.41. The van der Waals surface area contributed by atoms with Crippen molar-refractivity contribution >= 4 is 16.7 Å². The zero-order valence-electron chi connectivity index (χ0n) is 10.2. The molecule has 0 spiro atoms. The van der Waals surface area contributed by atoms with E-state index in [1.165, 1.54) is 0 Å². The van der Waals surface area contributed by atoms with Crippen molar-refractivity contribution in [3.8, 4) is 6.07 Å². The summed E-state index contributed by atoms with van der Waals surface area (Å²) in [6, 6.07) is 10.3. The SMILES string of the molecule is CN(CC1(C#N)COC1)c1coc2ccccc12. The summed E-state index contributed by atoms with van der Waals surface area (Å²) < 4.78 is 10.7. The van der Waals surface area contributed by atoms with Crippen molar-refractivity contribution in [2.24, 2.45) is 5.41 Å². The fraction of sp³-hybridized carbons (Fsp3) is 0.357. The Morgan fingerprint density at radius 2 is 2.17 bits per heavy atom. The van der Waals surface area contributed by atoms with Gasteiger partial charge in [0.05, 0.1) is 25.0 Å². The van der Waals surface area contributed by atoms with Gasteiger partial charge in [0.1, 0.15) is 17.3 Å². The van der Waals surface area contributed by atoms with Crippen LogP contribution in [-0.4, -0.2) is 26.8 Å². The Balaban J connectivity index is 1.88. The van der Waals surface area contributed by atoms with Crippen LogP contribution in [-0.2, 0) is 4.74 Å². The maximum atomic E-state index is 9.22. The molecule has 2 heterocycles. The fourth-order valence-corrected chi connectivity index (χ4v) is 2.34. The van der Waals surface area contributed by atoms with Crippen molar-refractivity contribution in [1.82, 2.24) is 0 Å². The lowest BCUT2D eigenvalue weighted by Crippen LogP contribution is -2.49. The quantitative estimate of drug-likeness (QED) is 0.829. The fourth-order valence-electron chi connectivity index (χ4n) is 2.34. The Kier molecular flexibility index (Phi) is 2.49. The monoisotopic (exact) mass is 242 g/mol. The molecule has 0 atom stereocenters. The second-order valence-corrected chi connectivity index (χ2v) is 4.86. The molecule has 92 valence electrons. The molecule has 1 aliphatic heterocycles. The van der Waals surface area contributed by atoms with E-state index in [0.717, 1.165) is 16.7 Å². The molecule has 1 aliphatic rings. The third kappa shape index (κ3) is 1.64. The number of hydrogen-bond donors (Lipinski definition) is 0. The van der Waals surface area contributed by atoms with Gasteiger partial charge in [-0.1, -0.05) is 12.1 Å². The van der Waals surface area contributed by atoms with E-state index in [0.29, 0.717) is 19.8 Å². The molecule has 0 unspecified atom stereocenters. The summed E-state index contributed by atoms with van der Waals surface area (Å²) in [7, 11) is 1.98. The molecule has 0 N–H and O–H groups in total. The maximum absolute atomic E-state index is 9.22. The van der Waals surface area contributed by atoms with E-state index < -0.39 is 0 Å². The summed E-state index contributed by atoms with van der Waals surface area (Å²) in [6.45, 7) is 1.69. The molecule has 1 aromatic carbocycles. The number of nitriles is 1. The maximum Gasteiger partial charge on any atom is 0.136 e. The summed E-state index contributed by atoms with van der Waals surface area (Å²) in [5.41, 5.74) is 1.52. The molecule has 0 bridgehead atoms. The summed E-state index contributed by atoms with van der Waals surface area (Å²) >= 11 is 0. The molecule has 4 heteroatoms. The van der Waals surface area contributed by atoms with Crippen LogP contribution >= 0.6 is 0 Å². The van der Waals surface area contributed by atoms with Crippen molar-refractivity contribution in [2.45, 2.75) is 0 Å². The first kappa shape index (κ1) is 11.1. The van der Waals surface area contributed by atoms with Gasteiger partial charge in [0.15, 0.2) is 0 Å². The second kappa shape index (κ2) is 4.04. The van der Waals surface area contributed by atoms with Crippen LogP contribution in [0.2, 0.25) is 0 Å². The number of para-hydroxylation sites is 1. The Hall–Kier alpha value is -1.99. The van der Waals surface area contributed by atoms with Crippen LogP contribution < -0.4 is 4.90 Å². The van der Waals surface area contributed by atoms with Crippen LogP contribution in [0.3, 0.4) is 0 Å². The lowest BCUT2D eigenvalue weighted by Gasteiger charge is -2.38. The van der Waals surface area contributed by atoms with Crippen LogP contribution in [0.1, 0.15) is 0 Å². The van der Waals surface area contributed by atoms with E-state index in [-0.39, 0.29) is 5.41 Å². The minimum absolute atomic E-state index is 0.368. The minimum Gasteiger partial charge on any atom is -0.462 e. The van der Waals surface area contributed by atoms with Gasteiger partial charge in [-0.2, -0.15) is 5.26 Å². The second-order valence-electron chi connectivity index (χ2n) is 4.86. The lowest BCUT2D eigenvalue weighted by molar-refractivity contribution is -0.0716. The van der Waals surface area contributed by atoms with E-state index in [9.17, 15) is 5.26 Å². The molecule has 4 nitrogen and oxygen atoms in total. The Morgan fingerprint density at radius 3 is 2.83 bits per heavy atom. The molecule has 1 aromatic heterocycles. The van der Waals surface area contributed by atoms with Gasteiger partial charge in [0, 0.05) is 19.0 Å². The van der Waals surface area contributed by atoms with Crippen molar-refractivity contribution < 1.29 is 9.15 Å². The average Bonchev–Trinajstić information content (AvgIpc) is 2.77. The summed E-state index contributed by atoms with van der Waals surface area (Å²) in [5, 5.41) is 10.3. The highest BCUT2D eigenvalue weighted by Gasteiger charge is 2.40. The predicted octanol–water partition coefficient (Wildman–Crippen LogP) is 2.41. The van der Waals surface area contributed by atoms with Gasteiger partial charge in [0.25, 0.3) is 0 Å². The molecule has 3 rings (SSSR count). The number of fused-ring (bicyclic) bond motifs is 1. The Morgan fingerprint density at radius 1 is 1.39 bits per heavy atom.